The molecule has 0 aliphatic carbocycles. The van der Waals surface area contributed by atoms with Crippen LogP contribution in [-0.4, -0.2) is 62.6 Å². The highest BCUT2D eigenvalue weighted by Gasteiger charge is 2.27. The number of fused-ring (bicyclic) bond motifs is 1. The van der Waals surface area contributed by atoms with Crippen LogP contribution in [0, 0.1) is 5.82 Å². The topological polar surface area (TPSA) is 150 Å². The molecule has 0 radical (unpaired) electrons. The Morgan fingerprint density at radius 2 is 1.73 bits per heavy atom. The lowest BCUT2D eigenvalue weighted by molar-refractivity contribution is -0.134. The van der Waals surface area contributed by atoms with E-state index in [1.807, 2.05) is 18.6 Å². The molecule has 48 heavy (non-hydrogen) atoms. The van der Waals surface area contributed by atoms with Crippen molar-refractivity contribution in [3.8, 4) is 28.1 Å². The number of rotatable bonds is 11. The van der Waals surface area contributed by atoms with E-state index in [-0.39, 0.29) is 29.2 Å². The predicted molar refractivity (Wildman–Crippen MR) is 176 cm³/mol. The smallest absolute Gasteiger partial charge is 0.355 e. The monoisotopic (exact) mass is 684 g/mol. The van der Waals surface area contributed by atoms with E-state index < -0.39 is 33.7 Å². The Morgan fingerprint density at radius 1 is 1.04 bits per heavy atom. The Balaban J connectivity index is 1.59. The first-order valence-electron chi connectivity index (χ1n) is 14.9. The number of aryl methyl sites for hydroxylation is 1. The molecule has 2 atom stereocenters. The maximum Gasteiger partial charge on any atom is 0.355 e. The van der Waals surface area contributed by atoms with Gasteiger partial charge in [0.25, 0.3) is 10.0 Å². The number of nitrogen functional groups attached to an aromatic ring is 1. The van der Waals surface area contributed by atoms with Gasteiger partial charge < -0.3 is 15.4 Å². The number of carbonyl (C=O) groups excluding carboxylic acids is 1. The number of benzene rings is 2. The zero-order chi connectivity index (χ0) is 35.1. The molecule has 0 saturated heterocycles. The van der Waals surface area contributed by atoms with Crippen LogP contribution in [0.4, 0.5) is 24.7 Å². The third-order valence-electron chi connectivity index (χ3n) is 8.07. The Hall–Kier alpha value is -5.12. The molecule has 0 fully saturated rings. The zero-order valence-electron chi connectivity index (χ0n) is 27.0. The Morgan fingerprint density at radius 3 is 2.38 bits per heavy atom. The van der Waals surface area contributed by atoms with Crippen LogP contribution in [0.2, 0.25) is 0 Å². The van der Waals surface area contributed by atoms with Crippen LogP contribution in [0.5, 0.6) is 5.75 Å². The summed E-state index contributed by atoms with van der Waals surface area (Å²) < 4.78 is 75.5. The number of anilines is 2. The lowest BCUT2D eigenvalue weighted by atomic mass is 10.0. The first-order chi connectivity index (χ1) is 22.6. The minimum atomic E-state index is -5.04. The molecule has 1 unspecified atom stereocenters. The molecule has 0 saturated carbocycles. The SMILES string of the molecule is CC(C)N(C)C(=O)C(C)n1cc(-c2cnc(N)c3c(-c4ccc(NS(=O)(=O)C(F)F)c(O[C@@H](C)c5ccc(F)cc5)c4)nn(C)c23)cn1. The minimum absolute atomic E-state index is 0.0133. The summed E-state index contributed by atoms with van der Waals surface area (Å²) >= 11 is 0. The lowest BCUT2D eigenvalue weighted by Crippen LogP contribution is -2.37. The number of likely N-dealkylation sites (N-methyl/N-ethyl adjacent to an activating group) is 1. The fraction of sp³-hybridized carbons (Fsp3) is 0.312. The molecule has 3 N–H and O–H groups in total. The maximum atomic E-state index is 13.5. The average Bonchev–Trinajstić information content (AvgIpc) is 3.67. The van der Waals surface area contributed by atoms with Crippen molar-refractivity contribution >= 4 is 38.3 Å². The molecule has 1 amide bonds. The number of pyridine rings is 1. The highest BCUT2D eigenvalue weighted by Crippen LogP contribution is 2.40. The van der Waals surface area contributed by atoms with Gasteiger partial charge in [-0.15, -0.1) is 0 Å². The van der Waals surface area contributed by atoms with Crippen LogP contribution in [-0.2, 0) is 21.9 Å². The van der Waals surface area contributed by atoms with Crippen LogP contribution in [0.3, 0.4) is 0 Å². The molecule has 0 bridgehead atoms. The summed E-state index contributed by atoms with van der Waals surface area (Å²) in [4.78, 5) is 19.0. The number of carbonyl (C=O) groups is 1. The fourth-order valence-electron chi connectivity index (χ4n) is 5.14. The van der Waals surface area contributed by atoms with Crippen molar-refractivity contribution in [2.75, 3.05) is 17.5 Å². The predicted octanol–water partition coefficient (Wildman–Crippen LogP) is 5.75. The van der Waals surface area contributed by atoms with Crippen molar-refractivity contribution in [3.05, 3.63) is 72.4 Å². The van der Waals surface area contributed by atoms with Gasteiger partial charge in [0.05, 0.1) is 22.8 Å². The number of nitrogens with one attached hydrogen (secondary N) is 1. The molecule has 12 nitrogen and oxygen atoms in total. The number of hydrogen-bond donors (Lipinski definition) is 2. The van der Waals surface area contributed by atoms with Crippen LogP contribution >= 0.6 is 0 Å². The van der Waals surface area contributed by atoms with Crippen molar-refractivity contribution in [1.29, 1.82) is 0 Å². The number of hydrogen-bond acceptors (Lipinski definition) is 8. The lowest BCUT2D eigenvalue weighted by Gasteiger charge is -2.25. The summed E-state index contributed by atoms with van der Waals surface area (Å²) in [5, 5.41) is 9.59. The second-order valence-corrected chi connectivity index (χ2v) is 13.3. The summed E-state index contributed by atoms with van der Waals surface area (Å²) in [6, 6.07) is 9.14. The fourth-order valence-corrected chi connectivity index (χ4v) is 5.71. The van der Waals surface area contributed by atoms with Crippen molar-refractivity contribution in [2.24, 2.45) is 7.05 Å². The van der Waals surface area contributed by atoms with E-state index in [1.54, 1.807) is 60.8 Å². The number of alkyl halides is 2. The molecule has 5 aromatic rings. The molecular formula is C32H35F3N8O4S. The third-order valence-corrected chi connectivity index (χ3v) is 9.04. The van der Waals surface area contributed by atoms with Crippen molar-refractivity contribution in [2.45, 2.75) is 51.6 Å². The second kappa shape index (κ2) is 13.2. The molecule has 0 aliphatic rings. The van der Waals surface area contributed by atoms with Crippen LogP contribution in [0.15, 0.2) is 61.1 Å². The van der Waals surface area contributed by atoms with Gasteiger partial charge in [0.15, 0.2) is 0 Å². The van der Waals surface area contributed by atoms with Gasteiger partial charge in [-0.3, -0.25) is 18.9 Å². The summed E-state index contributed by atoms with van der Waals surface area (Å²) in [5.74, 6) is -4.18. The molecule has 2 aromatic carbocycles. The number of aromatic nitrogens is 5. The van der Waals surface area contributed by atoms with Gasteiger partial charge >= 0.3 is 5.76 Å². The van der Waals surface area contributed by atoms with Gasteiger partial charge in [0, 0.05) is 49.2 Å². The van der Waals surface area contributed by atoms with Crippen molar-refractivity contribution < 1.29 is 31.1 Å². The van der Waals surface area contributed by atoms with Crippen molar-refractivity contribution in [1.82, 2.24) is 29.4 Å². The Bertz CT molecular complexity index is 2080. The molecule has 3 heterocycles. The van der Waals surface area contributed by atoms with E-state index >= 15 is 0 Å². The minimum Gasteiger partial charge on any atom is -0.484 e. The molecule has 5 rings (SSSR count). The molecule has 0 aliphatic heterocycles. The highest BCUT2D eigenvalue weighted by molar-refractivity contribution is 7.93. The quantitative estimate of drug-likeness (QED) is 0.179. The van der Waals surface area contributed by atoms with E-state index in [0.29, 0.717) is 38.9 Å². The van der Waals surface area contributed by atoms with Gasteiger partial charge in [0.1, 0.15) is 35.2 Å². The molecule has 3 aromatic heterocycles. The summed E-state index contributed by atoms with van der Waals surface area (Å²) in [6.45, 7) is 7.25. The van der Waals surface area contributed by atoms with E-state index in [4.69, 9.17) is 15.6 Å². The third kappa shape index (κ3) is 6.65. The first kappa shape index (κ1) is 34.2. The van der Waals surface area contributed by atoms with Gasteiger partial charge in [-0.2, -0.15) is 19.0 Å². The number of ether oxygens (including phenoxy) is 1. The average molecular weight is 685 g/mol. The summed E-state index contributed by atoms with van der Waals surface area (Å²) in [6.07, 6.45) is 4.20. The largest absolute Gasteiger partial charge is 0.484 e. The number of amides is 1. The number of halogens is 3. The number of nitrogens with zero attached hydrogens (tertiary/aromatic N) is 6. The maximum absolute atomic E-state index is 13.5. The molecule has 0 spiro atoms. The normalized spacial score (nSPS) is 13.2. The summed E-state index contributed by atoms with van der Waals surface area (Å²) in [7, 11) is -1.60. The number of sulfonamides is 1. The summed E-state index contributed by atoms with van der Waals surface area (Å²) in [5.41, 5.74) is 9.36. The molecular weight excluding hydrogens is 649 g/mol. The first-order valence-corrected chi connectivity index (χ1v) is 16.4. The Labute approximate surface area is 275 Å². The van der Waals surface area contributed by atoms with Gasteiger partial charge in [-0.05, 0) is 57.5 Å². The van der Waals surface area contributed by atoms with Gasteiger partial charge in [-0.1, -0.05) is 18.2 Å². The van der Waals surface area contributed by atoms with E-state index in [0.717, 1.165) is 0 Å². The zero-order valence-corrected chi connectivity index (χ0v) is 27.8. The second-order valence-electron chi connectivity index (χ2n) is 11.6. The van der Waals surface area contributed by atoms with Crippen LogP contribution in [0.25, 0.3) is 33.3 Å². The Kier molecular flexibility index (Phi) is 9.39. The van der Waals surface area contributed by atoms with E-state index in [1.165, 1.54) is 42.5 Å². The number of nitrogens with two attached hydrogens (primary N) is 1. The molecule has 16 heteroatoms. The standard InChI is InChI=1S/C32H35F3N8O4S/c1-17(2)41(5)31(44)18(3)43-16-22(14-38-43)24-15-37-30(36)27-28(39-42(6)29(24)27)21-9-12-25(40-48(45,46)32(34)35)26(13-21)47-19(4)20-7-10-23(33)11-8-20/h7-19,32,40H,1-6H3,(H2,36,37)/t18?,19-/m0/s1. The molecule has 254 valence electrons. The van der Waals surface area contributed by atoms with E-state index in [9.17, 15) is 26.4 Å². The van der Waals surface area contributed by atoms with Gasteiger partial charge in [-0.25, -0.2) is 17.8 Å². The van der Waals surface area contributed by atoms with Crippen molar-refractivity contribution in [3.63, 3.8) is 0 Å². The van der Waals surface area contributed by atoms with Crippen LogP contribution < -0.4 is 15.2 Å². The van der Waals surface area contributed by atoms with E-state index in [2.05, 4.69) is 10.1 Å². The highest BCUT2D eigenvalue weighted by atomic mass is 32.2. The van der Waals surface area contributed by atoms with Gasteiger partial charge in [0.2, 0.25) is 5.91 Å². The van der Waals surface area contributed by atoms with Crippen LogP contribution in [0.1, 0.15) is 45.4 Å².